The fraction of sp³-hybridized carbons (Fsp3) is 0.444. The van der Waals surface area contributed by atoms with Crippen LogP contribution >= 0.6 is 0 Å². The summed E-state index contributed by atoms with van der Waals surface area (Å²) in [5, 5.41) is 9.84. The van der Waals surface area contributed by atoms with E-state index >= 15 is 0 Å². The molecule has 1 aliphatic carbocycles. The predicted molar refractivity (Wildman–Crippen MR) is 128 cm³/mol. The quantitative estimate of drug-likeness (QED) is 0.611. The molecule has 33 heavy (non-hydrogen) atoms. The Bertz CT molecular complexity index is 1260. The van der Waals surface area contributed by atoms with Crippen LogP contribution in [0.15, 0.2) is 42.7 Å². The number of amides is 2. The van der Waals surface area contributed by atoms with E-state index in [1.807, 2.05) is 24.4 Å². The van der Waals surface area contributed by atoms with Gasteiger partial charge in [0.2, 0.25) is 5.91 Å². The molecule has 3 heterocycles. The maximum absolute atomic E-state index is 12.9. The second kappa shape index (κ2) is 7.44. The van der Waals surface area contributed by atoms with Crippen LogP contribution in [0.5, 0.6) is 0 Å². The largest absolute Gasteiger partial charge is 0.342 e. The second-order valence-electron chi connectivity index (χ2n) is 10.3. The van der Waals surface area contributed by atoms with E-state index in [9.17, 15) is 9.59 Å². The summed E-state index contributed by atoms with van der Waals surface area (Å²) >= 11 is 0. The van der Waals surface area contributed by atoms with E-state index in [-0.39, 0.29) is 17.2 Å². The molecule has 3 aromatic rings. The number of rotatable bonds is 4. The number of carbonyl (C=O) groups excluding carboxylic acids is 2. The SMILES string of the molecule is CC(c1cnn(C2CCN(C(=O)C3(C)CCC3)CC2)c1)c1ccc2c3c(cccc13)C(=O)N2. The van der Waals surface area contributed by atoms with E-state index in [2.05, 4.69) is 47.1 Å². The molecule has 1 saturated carbocycles. The summed E-state index contributed by atoms with van der Waals surface area (Å²) in [6.07, 6.45) is 9.30. The van der Waals surface area contributed by atoms with Crippen LogP contribution in [0.2, 0.25) is 0 Å². The summed E-state index contributed by atoms with van der Waals surface area (Å²) in [5.74, 6) is 0.491. The third-order valence-electron chi connectivity index (χ3n) is 8.25. The number of hydrogen-bond acceptors (Lipinski definition) is 3. The number of likely N-dealkylation sites (tertiary alicyclic amines) is 1. The normalized spacial score (nSPS) is 20.5. The number of hydrogen-bond donors (Lipinski definition) is 1. The van der Waals surface area contributed by atoms with Crippen LogP contribution in [0.3, 0.4) is 0 Å². The lowest BCUT2D eigenvalue weighted by Gasteiger charge is -2.43. The topological polar surface area (TPSA) is 67.2 Å². The highest BCUT2D eigenvalue weighted by atomic mass is 16.2. The molecule has 2 amide bonds. The minimum absolute atomic E-state index is 0.0238. The molecule has 2 aromatic carbocycles. The van der Waals surface area contributed by atoms with E-state index in [0.717, 1.165) is 60.8 Å². The van der Waals surface area contributed by atoms with Crippen LogP contribution in [0.25, 0.3) is 10.8 Å². The van der Waals surface area contributed by atoms with Gasteiger partial charge in [-0.1, -0.05) is 38.5 Å². The zero-order valence-electron chi connectivity index (χ0n) is 19.3. The summed E-state index contributed by atoms with van der Waals surface area (Å²) in [6, 6.07) is 10.4. The van der Waals surface area contributed by atoms with Crippen molar-refractivity contribution in [2.45, 2.75) is 57.9 Å². The van der Waals surface area contributed by atoms with Gasteiger partial charge in [0, 0.05) is 47.3 Å². The molecule has 0 radical (unpaired) electrons. The van der Waals surface area contributed by atoms with E-state index < -0.39 is 0 Å². The summed E-state index contributed by atoms with van der Waals surface area (Å²) < 4.78 is 2.10. The van der Waals surface area contributed by atoms with Gasteiger partial charge in [0.1, 0.15) is 0 Å². The third-order valence-corrected chi connectivity index (χ3v) is 8.25. The van der Waals surface area contributed by atoms with E-state index in [0.29, 0.717) is 11.9 Å². The summed E-state index contributed by atoms with van der Waals surface area (Å²) in [4.78, 5) is 27.2. The molecule has 1 atom stereocenters. The van der Waals surface area contributed by atoms with Crippen molar-refractivity contribution in [1.29, 1.82) is 0 Å². The Balaban J connectivity index is 1.20. The number of benzene rings is 2. The van der Waals surface area contributed by atoms with Crippen molar-refractivity contribution >= 4 is 28.3 Å². The minimum atomic E-state index is -0.110. The maximum Gasteiger partial charge on any atom is 0.256 e. The molecule has 0 spiro atoms. The zero-order valence-corrected chi connectivity index (χ0v) is 19.3. The molecule has 2 aliphatic heterocycles. The number of carbonyl (C=O) groups is 2. The maximum atomic E-state index is 12.9. The lowest BCUT2D eigenvalue weighted by molar-refractivity contribution is -0.147. The molecule has 6 heteroatoms. The first-order valence-electron chi connectivity index (χ1n) is 12.1. The van der Waals surface area contributed by atoms with Gasteiger partial charge in [0.25, 0.3) is 5.91 Å². The number of nitrogens with zero attached hydrogens (tertiary/aromatic N) is 3. The first-order chi connectivity index (χ1) is 15.9. The Hall–Kier alpha value is -3.15. The fourth-order valence-corrected chi connectivity index (χ4v) is 5.88. The highest BCUT2D eigenvalue weighted by Crippen LogP contribution is 2.43. The van der Waals surface area contributed by atoms with Gasteiger partial charge >= 0.3 is 0 Å². The van der Waals surface area contributed by atoms with Crippen molar-refractivity contribution in [2.24, 2.45) is 5.41 Å². The molecule has 3 aliphatic rings. The molecule has 1 aromatic heterocycles. The Morgan fingerprint density at radius 1 is 1.18 bits per heavy atom. The second-order valence-corrected chi connectivity index (χ2v) is 10.3. The number of piperidine rings is 1. The monoisotopic (exact) mass is 442 g/mol. The van der Waals surface area contributed by atoms with Gasteiger partial charge in [-0.15, -0.1) is 0 Å². The lowest BCUT2D eigenvalue weighted by atomic mass is 9.69. The van der Waals surface area contributed by atoms with Crippen molar-refractivity contribution in [1.82, 2.24) is 14.7 Å². The highest BCUT2D eigenvalue weighted by Gasteiger charge is 2.42. The summed E-state index contributed by atoms with van der Waals surface area (Å²) in [6.45, 7) is 5.97. The molecule has 6 nitrogen and oxygen atoms in total. The van der Waals surface area contributed by atoms with Gasteiger partial charge in [0.05, 0.1) is 12.2 Å². The first-order valence-corrected chi connectivity index (χ1v) is 12.1. The molecule has 2 fully saturated rings. The Morgan fingerprint density at radius 3 is 2.70 bits per heavy atom. The van der Waals surface area contributed by atoms with Gasteiger partial charge in [-0.3, -0.25) is 14.3 Å². The zero-order chi connectivity index (χ0) is 22.7. The van der Waals surface area contributed by atoms with Gasteiger partial charge in [0.15, 0.2) is 0 Å². The molecular weight excluding hydrogens is 412 g/mol. The van der Waals surface area contributed by atoms with Crippen molar-refractivity contribution < 1.29 is 9.59 Å². The lowest BCUT2D eigenvalue weighted by Crippen LogP contribution is -2.49. The fourth-order valence-electron chi connectivity index (χ4n) is 5.88. The number of anilines is 1. The van der Waals surface area contributed by atoms with Crippen molar-refractivity contribution in [3.8, 4) is 0 Å². The van der Waals surface area contributed by atoms with Gasteiger partial charge in [-0.25, -0.2) is 0 Å². The van der Waals surface area contributed by atoms with Gasteiger partial charge in [-0.2, -0.15) is 5.10 Å². The van der Waals surface area contributed by atoms with Crippen LogP contribution in [-0.2, 0) is 4.79 Å². The van der Waals surface area contributed by atoms with E-state index in [1.165, 1.54) is 17.5 Å². The average Bonchev–Trinajstić information content (AvgIpc) is 3.43. The molecule has 1 N–H and O–H groups in total. The molecule has 170 valence electrons. The first kappa shape index (κ1) is 20.5. The standard InChI is InChI=1S/C27H30N4O2/c1-17(20-7-8-23-24-21(20)5-3-6-22(24)25(32)29-23)18-15-28-31(16-18)19-9-13-30(14-10-19)26(33)27(2)11-4-12-27/h3,5-8,15-17,19H,4,9-14H2,1-2H3,(H,29,32). The highest BCUT2D eigenvalue weighted by molar-refractivity contribution is 6.24. The molecule has 6 rings (SSSR count). The van der Waals surface area contributed by atoms with Crippen LogP contribution in [0.1, 0.15) is 79.4 Å². The predicted octanol–water partition coefficient (Wildman–Crippen LogP) is 5.11. The molecule has 1 unspecified atom stereocenters. The van der Waals surface area contributed by atoms with Crippen molar-refractivity contribution in [2.75, 3.05) is 18.4 Å². The summed E-state index contributed by atoms with van der Waals surface area (Å²) in [5.41, 5.74) is 3.92. The Kier molecular flexibility index (Phi) is 4.61. The van der Waals surface area contributed by atoms with Crippen LogP contribution < -0.4 is 5.32 Å². The van der Waals surface area contributed by atoms with Gasteiger partial charge < -0.3 is 10.2 Å². The Morgan fingerprint density at radius 2 is 1.97 bits per heavy atom. The minimum Gasteiger partial charge on any atom is -0.342 e. The van der Waals surface area contributed by atoms with Crippen LogP contribution in [0, 0.1) is 5.41 Å². The van der Waals surface area contributed by atoms with E-state index in [4.69, 9.17) is 5.10 Å². The van der Waals surface area contributed by atoms with Crippen LogP contribution in [0.4, 0.5) is 5.69 Å². The number of aromatic nitrogens is 2. The molecular formula is C27H30N4O2. The Labute approximate surface area is 194 Å². The van der Waals surface area contributed by atoms with Crippen LogP contribution in [-0.4, -0.2) is 39.6 Å². The van der Waals surface area contributed by atoms with Crippen molar-refractivity contribution in [3.63, 3.8) is 0 Å². The number of nitrogens with one attached hydrogen (secondary N) is 1. The van der Waals surface area contributed by atoms with Crippen molar-refractivity contribution in [3.05, 3.63) is 59.4 Å². The molecule has 1 saturated heterocycles. The third kappa shape index (κ3) is 3.18. The molecule has 0 bridgehead atoms. The summed E-state index contributed by atoms with van der Waals surface area (Å²) in [7, 11) is 0. The van der Waals surface area contributed by atoms with Gasteiger partial charge in [-0.05, 0) is 54.3 Å². The smallest absolute Gasteiger partial charge is 0.256 e. The average molecular weight is 443 g/mol. The van der Waals surface area contributed by atoms with E-state index in [1.54, 1.807) is 0 Å².